The van der Waals surface area contributed by atoms with E-state index < -0.39 is 0 Å². The zero-order valence-electron chi connectivity index (χ0n) is 15.3. The zero-order valence-corrected chi connectivity index (χ0v) is 15.3. The van der Waals surface area contributed by atoms with Crippen LogP contribution in [0.15, 0.2) is 42.7 Å². The number of carbonyl (C=O) groups excluding carboxylic acids is 2. The fraction of sp³-hybridized carbons (Fsp3) is 0.400. The first-order valence-electron chi connectivity index (χ1n) is 8.88. The van der Waals surface area contributed by atoms with Gasteiger partial charge in [-0.25, -0.2) is 4.98 Å². The van der Waals surface area contributed by atoms with Crippen LogP contribution in [0.4, 0.5) is 0 Å². The largest absolute Gasteiger partial charge is 0.341 e. The fourth-order valence-corrected chi connectivity index (χ4v) is 3.20. The number of nitrogens with zero attached hydrogens (tertiary/aromatic N) is 4. The molecule has 0 N–H and O–H groups in total. The van der Waals surface area contributed by atoms with Gasteiger partial charge in [-0.05, 0) is 24.8 Å². The Labute approximate surface area is 153 Å². The summed E-state index contributed by atoms with van der Waals surface area (Å²) in [6.07, 6.45) is 4.43. The lowest BCUT2D eigenvalue weighted by atomic mass is 10.0. The maximum absolute atomic E-state index is 12.5. The summed E-state index contributed by atoms with van der Waals surface area (Å²) in [5.74, 6) is 0.205. The van der Waals surface area contributed by atoms with Crippen LogP contribution in [0.5, 0.6) is 0 Å². The number of amides is 2. The molecule has 1 saturated heterocycles. The quantitative estimate of drug-likeness (QED) is 0.828. The fourth-order valence-electron chi connectivity index (χ4n) is 3.20. The van der Waals surface area contributed by atoms with Crippen molar-refractivity contribution in [2.45, 2.75) is 26.3 Å². The second kappa shape index (κ2) is 8.08. The van der Waals surface area contributed by atoms with Crippen molar-refractivity contribution in [1.29, 1.82) is 0 Å². The van der Waals surface area contributed by atoms with Crippen LogP contribution in [-0.4, -0.2) is 51.7 Å². The van der Waals surface area contributed by atoms with Crippen molar-refractivity contribution in [3.8, 4) is 0 Å². The monoisotopic (exact) mass is 352 g/mol. The van der Waals surface area contributed by atoms with Gasteiger partial charge in [0.1, 0.15) is 5.69 Å². The molecule has 0 saturated carbocycles. The summed E-state index contributed by atoms with van der Waals surface area (Å²) in [7, 11) is 1.83. The third kappa shape index (κ3) is 4.45. The van der Waals surface area contributed by atoms with Gasteiger partial charge in [0.25, 0.3) is 5.91 Å². The highest BCUT2D eigenvalue weighted by molar-refractivity contribution is 5.92. The van der Waals surface area contributed by atoms with Crippen LogP contribution in [0.1, 0.15) is 34.6 Å². The van der Waals surface area contributed by atoms with E-state index >= 15 is 0 Å². The molecule has 136 valence electrons. The first-order chi connectivity index (χ1) is 12.5. The first-order valence-corrected chi connectivity index (χ1v) is 8.88. The van der Waals surface area contributed by atoms with E-state index in [9.17, 15) is 9.59 Å². The molecule has 1 aliphatic rings. The Morgan fingerprint density at radius 1 is 1.19 bits per heavy atom. The molecule has 1 aromatic carbocycles. The smallest absolute Gasteiger partial charge is 0.274 e. The minimum absolute atomic E-state index is 0.106. The Hall–Kier alpha value is -2.76. The molecule has 2 amide bonds. The minimum Gasteiger partial charge on any atom is -0.341 e. The maximum atomic E-state index is 12.5. The molecule has 1 aromatic heterocycles. The first kappa shape index (κ1) is 18.0. The summed E-state index contributed by atoms with van der Waals surface area (Å²) in [5, 5.41) is 0. The van der Waals surface area contributed by atoms with E-state index in [0.29, 0.717) is 31.7 Å². The van der Waals surface area contributed by atoms with E-state index in [1.807, 2.05) is 44.3 Å². The lowest BCUT2D eigenvalue weighted by Crippen LogP contribution is -2.31. The normalized spacial score (nSPS) is 16.5. The predicted molar refractivity (Wildman–Crippen MR) is 98.3 cm³/mol. The Balaban J connectivity index is 1.51. The molecule has 0 radical (unpaired) electrons. The lowest BCUT2D eigenvalue weighted by molar-refractivity contribution is -0.131. The van der Waals surface area contributed by atoms with Crippen molar-refractivity contribution in [1.82, 2.24) is 19.8 Å². The number of rotatable bonds is 5. The van der Waals surface area contributed by atoms with Crippen LogP contribution in [0.3, 0.4) is 0 Å². The minimum atomic E-state index is -0.106. The molecule has 1 aliphatic heterocycles. The number of aryl methyl sites for hydroxylation is 1. The lowest BCUT2D eigenvalue weighted by Gasteiger charge is -2.20. The molecule has 6 heteroatoms. The molecule has 6 nitrogen and oxygen atoms in total. The van der Waals surface area contributed by atoms with E-state index in [2.05, 4.69) is 9.97 Å². The molecule has 1 unspecified atom stereocenters. The van der Waals surface area contributed by atoms with E-state index in [0.717, 1.165) is 17.7 Å². The average Bonchev–Trinajstić information content (AvgIpc) is 3.11. The third-order valence-electron chi connectivity index (χ3n) is 4.72. The number of carbonyl (C=O) groups is 2. The van der Waals surface area contributed by atoms with Crippen molar-refractivity contribution < 1.29 is 9.59 Å². The highest BCUT2D eigenvalue weighted by Crippen LogP contribution is 2.22. The molecule has 0 spiro atoms. The van der Waals surface area contributed by atoms with Gasteiger partial charge < -0.3 is 9.80 Å². The molecular formula is C20H24N4O2. The van der Waals surface area contributed by atoms with Gasteiger partial charge >= 0.3 is 0 Å². The average molecular weight is 352 g/mol. The van der Waals surface area contributed by atoms with Gasteiger partial charge in [0.05, 0.1) is 11.9 Å². The number of likely N-dealkylation sites (tertiary alicyclic amines) is 1. The summed E-state index contributed by atoms with van der Waals surface area (Å²) < 4.78 is 0. The molecule has 26 heavy (non-hydrogen) atoms. The summed E-state index contributed by atoms with van der Waals surface area (Å²) >= 11 is 0. The van der Waals surface area contributed by atoms with Crippen LogP contribution in [-0.2, 0) is 11.3 Å². The maximum Gasteiger partial charge on any atom is 0.274 e. The van der Waals surface area contributed by atoms with Crippen molar-refractivity contribution in [3.63, 3.8) is 0 Å². The molecular weight excluding hydrogens is 328 g/mol. The van der Waals surface area contributed by atoms with E-state index in [1.54, 1.807) is 16.0 Å². The molecule has 2 aromatic rings. The Kier molecular flexibility index (Phi) is 5.61. The SMILES string of the molecule is Cc1cnc(C(=O)N2CCC(CC(=O)N(C)Cc3ccccc3)C2)cn1. The second-order valence-electron chi connectivity index (χ2n) is 6.89. The Morgan fingerprint density at radius 3 is 2.65 bits per heavy atom. The van der Waals surface area contributed by atoms with Gasteiger partial charge in [0, 0.05) is 39.3 Å². The van der Waals surface area contributed by atoms with E-state index in [-0.39, 0.29) is 17.7 Å². The molecule has 1 fully saturated rings. The van der Waals surface area contributed by atoms with Crippen molar-refractivity contribution >= 4 is 11.8 Å². The highest BCUT2D eigenvalue weighted by atomic mass is 16.2. The number of aromatic nitrogens is 2. The van der Waals surface area contributed by atoms with Gasteiger partial charge in [-0.1, -0.05) is 30.3 Å². The van der Waals surface area contributed by atoms with Crippen molar-refractivity contribution in [2.75, 3.05) is 20.1 Å². The number of hydrogen-bond acceptors (Lipinski definition) is 4. The summed E-state index contributed by atoms with van der Waals surface area (Å²) in [6, 6.07) is 9.95. The van der Waals surface area contributed by atoms with Gasteiger partial charge in [0.15, 0.2) is 0 Å². The second-order valence-corrected chi connectivity index (χ2v) is 6.89. The van der Waals surface area contributed by atoms with Crippen molar-refractivity contribution in [3.05, 3.63) is 59.7 Å². The summed E-state index contributed by atoms with van der Waals surface area (Å²) in [5.41, 5.74) is 2.26. The third-order valence-corrected chi connectivity index (χ3v) is 4.72. The van der Waals surface area contributed by atoms with Gasteiger partial charge in [-0.15, -0.1) is 0 Å². The number of benzene rings is 1. The van der Waals surface area contributed by atoms with Crippen LogP contribution in [0, 0.1) is 12.8 Å². The standard InChI is InChI=1S/C20H24N4O2/c1-15-11-22-18(12-21-15)20(26)24-9-8-17(14-24)10-19(25)23(2)13-16-6-4-3-5-7-16/h3-7,11-12,17H,8-10,13-14H2,1-2H3. The van der Waals surface area contributed by atoms with Crippen LogP contribution in [0.2, 0.25) is 0 Å². The van der Waals surface area contributed by atoms with Crippen LogP contribution in [0.25, 0.3) is 0 Å². The predicted octanol–water partition coefficient (Wildman–Crippen LogP) is 2.30. The molecule has 3 rings (SSSR count). The zero-order chi connectivity index (χ0) is 18.5. The summed E-state index contributed by atoms with van der Waals surface area (Å²) in [4.78, 5) is 36.8. The molecule has 0 aliphatic carbocycles. The van der Waals surface area contributed by atoms with E-state index in [4.69, 9.17) is 0 Å². The summed E-state index contributed by atoms with van der Waals surface area (Å²) in [6.45, 7) is 3.70. The van der Waals surface area contributed by atoms with Crippen LogP contribution >= 0.6 is 0 Å². The molecule has 0 bridgehead atoms. The Bertz CT molecular complexity index is 761. The van der Waals surface area contributed by atoms with Gasteiger partial charge in [0.2, 0.25) is 5.91 Å². The van der Waals surface area contributed by atoms with E-state index in [1.165, 1.54) is 6.20 Å². The van der Waals surface area contributed by atoms with Gasteiger partial charge in [-0.3, -0.25) is 14.6 Å². The number of hydrogen-bond donors (Lipinski definition) is 0. The molecule has 2 heterocycles. The molecule has 1 atom stereocenters. The van der Waals surface area contributed by atoms with Crippen molar-refractivity contribution in [2.24, 2.45) is 5.92 Å². The van der Waals surface area contributed by atoms with Gasteiger partial charge in [-0.2, -0.15) is 0 Å². The Morgan fingerprint density at radius 2 is 1.96 bits per heavy atom. The highest BCUT2D eigenvalue weighted by Gasteiger charge is 2.29. The topological polar surface area (TPSA) is 66.4 Å². The van der Waals surface area contributed by atoms with Crippen LogP contribution < -0.4 is 0 Å².